The smallest absolute Gasteiger partial charge is 0.0991 e. The van der Waals surface area contributed by atoms with Gasteiger partial charge in [-0.2, -0.15) is 5.26 Å². The zero-order valence-electron chi connectivity index (χ0n) is 9.49. The Hall–Kier alpha value is -2.07. The maximum atomic E-state index is 8.81. The van der Waals surface area contributed by atoms with Gasteiger partial charge in [0.15, 0.2) is 0 Å². The van der Waals surface area contributed by atoms with Gasteiger partial charge in [0, 0.05) is 0 Å². The summed E-state index contributed by atoms with van der Waals surface area (Å²) in [4.78, 5) is 0. The summed E-state index contributed by atoms with van der Waals surface area (Å²) in [5, 5.41) is 11.1. The Morgan fingerprint density at radius 1 is 1.06 bits per heavy atom. The van der Waals surface area contributed by atoms with Crippen LogP contribution in [0.2, 0.25) is 0 Å². The van der Waals surface area contributed by atoms with Crippen molar-refractivity contribution in [3.8, 4) is 6.07 Å². The zero-order chi connectivity index (χ0) is 11.5. The molecule has 0 aliphatic rings. The molecule has 2 aromatic rings. The van der Waals surface area contributed by atoms with Crippen molar-refractivity contribution in [3.05, 3.63) is 53.1 Å². The van der Waals surface area contributed by atoms with Crippen LogP contribution in [0.15, 0.2) is 42.0 Å². The highest BCUT2D eigenvalue weighted by molar-refractivity contribution is 5.86. The second-order valence-electron chi connectivity index (χ2n) is 4.15. The largest absolute Gasteiger partial charge is 0.192 e. The molecule has 0 bridgehead atoms. The molecule has 0 N–H and O–H groups in total. The average Bonchev–Trinajstić information content (AvgIpc) is 2.27. The van der Waals surface area contributed by atoms with Crippen molar-refractivity contribution < 1.29 is 0 Å². The minimum absolute atomic E-state index is 0.711. The molecule has 0 amide bonds. The molecule has 0 unspecified atom stereocenters. The summed E-state index contributed by atoms with van der Waals surface area (Å²) in [5.41, 5.74) is 3.20. The first-order valence-electron chi connectivity index (χ1n) is 5.28. The van der Waals surface area contributed by atoms with Crippen molar-refractivity contribution in [2.75, 3.05) is 0 Å². The van der Waals surface area contributed by atoms with E-state index in [1.54, 1.807) is 0 Å². The molecular formula is C15H13N. The Kier molecular flexibility index (Phi) is 2.74. The normalized spacial score (nSPS) is 9.81. The molecule has 2 rings (SSSR count). The van der Waals surface area contributed by atoms with E-state index in [9.17, 15) is 0 Å². The number of benzene rings is 2. The van der Waals surface area contributed by atoms with E-state index in [4.69, 9.17) is 5.26 Å². The van der Waals surface area contributed by atoms with Crippen LogP contribution >= 0.6 is 0 Å². The van der Waals surface area contributed by atoms with Crippen LogP contribution in [-0.2, 0) is 0 Å². The quantitative estimate of drug-likeness (QED) is 0.689. The van der Waals surface area contributed by atoms with Crippen LogP contribution in [0, 0.1) is 11.3 Å². The third-order valence-electron chi connectivity index (χ3n) is 2.45. The van der Waals surface area contributed by atoms with Gasteiger partial charge in [0.1, 0.15) is 0 Å². The Bertz CT molecular complexity index is 596. The number of nitrogens with zero attached hydrogens (tertiary/aromatic N) is 1. The molecule has 0 aliphatic heterocycles. The summed E-state index contributed by atoms with van der Waals surface area (Å²) in [5.74, 6) is 0. The summed E-state index contributed by atoms with van der Waals surface area (Å²) in [7, 11) is 0. The number of rotatable bonds is 1. The number of hydrogen-bond donors (Lipinski definition) is 0. The highest BCUT2D eigenvalue weighted by Crippen LogP contribution is 2.19. The first-order valence-corrected chi connectivity index (χ1v) is 5.28. The Balaban J connectivity index is 2.57. The highest BCUT2D eigenvalue weighted by atomic mass is 14.2. The van der Waals surface area contributed by atoms with Crippen LogP contribution in [0.4, 0.5) is 0 Å². The minimum atomic E-state index is 0.711. The standard InChI is InChI=1S/C15H13N/c1-11(2)7-12-3-5-15-9-13(10-16)4-6-14(15)8-12/h3-9H,1-2H3. The number of fused-ring (bicyclic) bond motifs is 1. The van der Waals surface area contributed by atoms with Gasteiger partial charge in [-0.25, -0.2) is 0 Å². The SMILES string of the molecule is CC(C)=Cc1ccc2cc(C#N)ccc2c1. The summed E-state index contributed by atoms with van der Waals surface area (Å²) in [6.45, 7) is 4.17. The lowest BCUT2D eigenvalue weighted by Gasteiger charge is -2.01. The molecule has 0 saturated heterocycles. The summed E-state index contributed by atoms with van der Waals surface area (Å²) < 4.78 is 0. The monoisotopic (exact) mass is 207 g/mol. The van der Waals surface area contributed by atoms with Crippen LogP contribution in [0.5, 0.6) is 0 Å². The van der Waals surface area contributed by atoms with E-state index in [1.165, 1.54) is 16.5 Å². The van der Waals surface area contributed by atoms with Gasteiger partial charge in [-0.1, -0.05) is 29.8 Å². The molecule has 0 saturated carbocycles. The Labute approximate surface area is 95.6 Å². The number of nitriles is 1. The third kappa shape index (κ3) is 2.12. The topological polar surface area (TPSA) is 23.8 Å². The Morgan fingerprint density at radius 2 is 1.75 bits per heavy atom. The third-order valence-corrected chi connectivity index (χ3v) is 2.45. The van der Waals surface area contributed by atoms with Crippen molar-refractivity contribution in [2.45, 2.75) is 13.8 Å². The summed E-state index contributed by atoms with van der Waals surface area (Å²) in [6, 6.07) is 14.2. The fraction of sp³-hybridized carbons (Fsp3) is 0.133. The minimum Gasteiger partial charge on any atom is -0.192 e. The highest BCUT2D eigenvalue weighted by Gasteiger charge is 1.96. The summed E-state index contributed by atoms with van der Waals surface area (Å²) >= 11 is 0. The van der Waals surface area contributed by atoms with Gasteiger partial charge < -0.3 is 0 Å². The first-order chi connectivity index (χ1) is 7.69. The number of hydrogen-bond acceptors (Lipinski definition) is 1. The van der Waals surface area contributed by atoms with E-state index >= 15 is 0 Å². The number of allylic oxidation sites excluding steroid dienone is 1. The summed E-state index contributed by atoms with van der Waals surface area (Å²) in [6.07, 6.45) is 2.15. The van der Waals surface area contributed by atoms with E-state index < -0.39 is 0 Å². The molecule has 78 valence electrons. The second-order valence-corrected chi connectivity index (χ2v) is 4.15. The van der Waals surface area contributed by atoms with Gasteiger partial charge in [0.2, 0.25) is 0 Å². The molecular weight excluding hydrogens is 194 g/mol. The fourth-order valence-corrected chi connectivity index (χ4v) is 1.76. The predicted octanol–water partition coefficient (Wildman–Crippen LogP) is 4.13. The zero-order valence-corrected chi connectivity index (χ0v) is 9.49. The van der Waals surface area contributed by atoms with Gasteiger partial charge in [-0.3, -0.25) is 0 Å². The second kappa shape index (κ2) is 4.20. The van der Waals surface area contributed by atoms with E-state index in [0.29, 0.717) is 5.56 Å². The predicted molar refractivity (Wildman–Crippen MR) is 68.0 cm³/mol. The molecule has 0 radical (unpaired) electrons. The van der Waals surface area contributed by atoms with Gasteiger partial charge in [0.05, 0.1) is 11.6 Å². The Morgan fingerprint density at radius 3 is 2.44 bits per heavy atom. The van der Waals surface area contributed by atoms with Crippen molar-refractivity contribution in [1.29, 1.82) is 5.26 Å². The van der Waals surface area contributed by atoms with Gasteiger partial charge in [-0.15, -0.1) is 0 Å². The van der Waals surface area contributed by atoms with Crippen LogP contribution in [0.25, 0.3) is 16.8 Å². The van der Waals surface area contributed by atoms with E-state index in [0.717, 1.165) is 5.39 Å². The maximum Gasteiger partial charge on any atom is 0.0991 e. The molecule has 0 aromatic heterocycles. The van der Waals surface area contributed by atoms with Crippen LogP contribution in [0.1, 0.15) is 25.0 Å². The van der Waals surface area contributed by atoms with Gasteiger partial charge in [0.25, 0.3) is 0 Å². The lowest BCUT2D eigenvalue weighted by Crippen LogP contribution is -1.79. The molecule has 16 heavy (non-hydrogen) atoms. The molecule has 0 spiro atoms. The molecule has 1 heteroatoms. The molecule has 0 aliphatic carbocycles. The van der Waals surface area contributed by atoms with Crippen LogP contribution in [0.3, 0.4) is 0 Å². The van der Waals surface area contributed by atoms with Crippen molar-refractivity contribution in [2.24, 2.45) is 0 Å². The van der Waals surface area contributed by atoms with Crippen molar-refractivity contribution in [3.63, 3.8) is 0 Å². The molecule has 1 nitrogen and oxygen atoms in total. The van der Waals surface area contributed by atoms with Crippen LogP contribution < -0.4 is 0 Å². The molecule has 0 fully saturated rings. The molecule has 0 atom stereocenters. The fourth-order valence-electron chi connectivity index (χ4n) is 1.76. The molecule has 0 heterocycles. The first kappa shape index (κ1) is 10.4. The van der Waals surface area contributed by atoms with Crippen LogP contribution in [-0.4, -0.2) is 0 Å². The lowest BCUT2D eigenvalue weighted by atomic mass is 10.0. The average molecular weight is 207 g/mol. The maximum absolute atomic E-state index is 8.81. The van der Waals surface area contributed by atoms with E-state index in [1.807, 2.05) is 18.2 Å². The van der Waals surface area contributed by atoms with Crippen molar-refractivity contribution in [1.82, 2.24) is 0 Å². The molecule has 2 aromatic carbocycles. The lowest BCUT2D eigenvalue weighted by molar-refractivity contribution is 1.42. The van der Waals surface area contributed by atoms with Gasteiger partial charge in [-0.05, 0) is 48.4 Å². The van der Waals surface area contributed by atoms with E-state index in [2.05, 4.69) is 44.2 Å². The van der Waals surface area contributed by atoms with Crippen molar-refractivity contribution >= 4 is 16.8 Å². The van der Waals surface area contributed by atoms with Gasteiger partial charge >= 0.3 is 0 Å². The van der Waals surface area contributed by atoms with E-state index in [-0.39, 0.29) is 0 Å².